The summed E-state index contributed by atoms with van der Waals surface area (Å²) in [6.45, 7) is -0.0215. The normalized spacial score (nSPS) is 10.4. The maximum Gasteiger partial charge on any atom is 0.360 e. The number of carboxylic acid groups (broad SMARTS) is 1. The number of thiazole rings is 1. The molecule has 1 rings (SSSR count). The molecule has 0 radical (unpaired) electrons. The monoisotopic (exact) mass is 284 g/mol. The van der Waals surface area contributed by atoms with Gasteiger partial charge in [0.1, 0.15) is 12.3 Å². The molecule has 1 heterocycles. The number of rotatable bonds is 8. The van der Waals surface area contributed by atoms with Crippen LogP contribution in [0, 0.1) is 0 Å². The molecule has 10 nitrogen and oxygen atoms in total. The van der Waals surface area contributed by atoms with Gasteiger partial charge in [0.05, 0.1) is 6.54 Å². The largest absolute Gasteiger partial charge is 0.476 e. The molecule has 0 fully saturated rings. The zero-order chi connectivity index (χ0) is 14.1. The first-order chi connectivity index (χ1) is 9.19. The molecule has 0 unspecified atom stereocenters. The number of aliphatic carboxylic acids is 1. The molecule has 2 N–H and O–H groups in total. The summed E-state index contributed by atoms with van der Waals surface area (Å²) >= 11 is 1.05. The molecule has 19 heavy (non-hydrogen) atoms. The van der Waals surface area contributed by atoms with Crippen molar-refractivity contribution in [2.45, 2.75) is 0 Å². The standard InChI is InChI=1S/C8H8N6O4S/c9-14-11-1-2-18-13-6(7(16)17)5-3-19-8(12-5)10-4-15/h3-4H,1-2H2,(H,16,17)(H,10,12,15). The van der Waals surface area contributed by atoms with E-state index in [9.17, 15) is 9.59 Å². The molecule has 11 heteroatoms. The molecule has 0 aliphatic carbocycles. The average Bonchev–Trinajstić information content (AvgIpc) is 2.82. The van der Waals surface area contributed by atoms with Crippen LogP contribution in [-0.4, -0.2) is 41.3 Å². The van der Waals surface area contributed by atoms with E-state index in [1.54, 1.807) is 0 Å². The van der Waals surface area contributed by atoms with Crippen molar-refractivity contribution < 1.29 is 19.5 Å². The number of hydrogen-bond donors (Lipinski definition) is 2. The molecule has 0 saturated carbocycles. The Kier molecular flexibility index (Phi) is 5.79. The van der Waals surface area contributed by atoms with Crippen molar-refractivity contribution in [2.75, 3.05) is 18.5 Å². The highest BCUT2D eigenvalue weighted by molar-refractivity contribution is 7.14. The molecule has 1 aromatic heterocycles. The summed E-state index contributed by atoms with van der Waals surface area (Å²) in [6, 6.07) is 0. The van der Waals surface area contributed by atoms with E-state index in [0.717, 1.165) is 11.3 Å². The smallest absolute Gasteiger partial charge is 0.360 e. The number of nitrogens with one attached hydrogen (secondary N) is 1. The highest BCUT2D eigenvalue weighted by atomic mass is 32.1. The van der Waals surface area contributed by atoms with E-state index in [4.69, 9.17) is 15.5 Å². The van der Waals surface area contributed by atoms with Crippen LogP contribution in [0.15, 0.2) is 15.7 Å². The molecule has 0 aliphatic heterocycles. The van der Waals surface area contributed by atoms with Crippen LogP contribution in [0.2, 0.25) is 0 Å². The van der Waals surface area contributed by atoms with Gasteiger partial charge in [0.2, 0.25) is 12.1 Å². The number of nitrogens with zero attached hydrogens (tertiary/aromatic N) is 5. The molecule has 0 bridgehead atoms. The van der Waals surface area contributed by atoms with Crippen LogP contribution >= 0.6 is 11.3 Å². The first-order valence-electron chi connectivity index (χ1n) is 4.79. The Bertz CT molecular complexity index is 535. The topological polar surface area (TPSA) is 150 Å². The average molecular weight is 284 g/mol. The summed E-state index contributed by atoms with van der Waals surface area (Å²) in [6.07, 6.45) is 0.427. The summed E-state index contributed by atoms with van der Waals surface area (Å²) in [5, 5.41) is 19.5. The molecule has 1 amide bonds. The number of hydrogen-bond acceptors (Lipinski definition) is 7. The van der Waals surface area contributed by atoms with Crippen molar-refractivity contribution in [3.05, 3.63) is 21.5 Å². The van der Waals surface area contributed by atoms with E-state index < -0.39 is 11.7 Å². The molecule has 0 aromatic carbocycles. The van der Waals surface area contributed by atoms with E-state index in [-0.39, 0.29) is 24.0 Å². The lowest BCUT2D eigenvalue weighted by atomic mass is 10.3. The quantitative estimate of drug-likeness (QED) is 0.138. The number of aromatic nitrogens is 1. The second-order valence-corrected chi connectivity index (χ2v) is 3.69. The van der Waals surface area contributed by atoms with Crippen molar-refractivity contribution in [1.82, 2.24) is 4.98 Å². The van der Waals surface area contributed by atoms with E-state index in [0.29, 0.717) is 6.41 Å². The Morgan fingerprint density at radius 1 is 1.74 bits per heavy atom. The van der Waals surface area contributed by atoms with Gasteiger partial charge < -0.3 is 15.3 Å². The highest BCUT2D eigenvalue weighted by Crippen LogP contribution is 2.15. The Balaban J connectivity index is 2.75. The second kappa shape index (κ2) is 7.63. The highest BCUT2D eigenvalue weighted by Gasteiger charge is 2.17. The minimum absolute atomic E-state index is 0.0297. The minimum Gasteiger partial charge on any atom is -0.476 e. The predicted octanol–water partition coefficient (Wildman–Crippen LogP) is 0.827. The molecular weight excluding hydrogens is 276 g/mol. The van der Waals surface area contributed by atoms with Crippen LogP contribution in [0.1, 0.15) is 5.69 Å². The predicted molar refractivity (Wildman–Crippen MR) is 65.9 cm³/mol. The maximum absolute atomic E-state index is 11.0. The molecule has 1 aromatic rings. The first-order valence-corrected chi connectivity index (χ1v) is 5.67. The van der Waals surface area contributed by atoms with Crippen molar-refractivity contribution in [3.8, 4) is 0 Å². The third kappa shape index (κ3) is 4.61. The van der Waals surface area contributed by atoms with Gasteiger partial charge in [0.15, 0.2) is 5.13 Å². The molecule has 0 atom stereocenters. The fraction of sp³-hybridized carbons (Fsp3) is 0.250. The van der Waals surface area contributed by atoms with Gasteiger partial charge in [-0.2, -0.15) is 0 Å². The number of azide groups is 1. The van der Waals surface area contributed by atoms with E-state index in [2.05, 4.69) is 25.5 Å². The van der Waals surface area contributed by atoms with Gasteiger partial charge in [0.25, 0.3) is 0 Å². The Morgan fingerprint density at radius 2 is 2.53 bits per heavy atom. The lowest BCUT2D eigenvalue weighted by molar-refractivity contribution is -0.129. The van der Waals surface area contributed by atoms with Crippen LogP contribution in [0.3, 0.4) is 0 Å². The van der Waals surface area contributed by atoms with E-state index in [1.807, 2.05) is 0 Å². The van der Waals surface area contributed by atoms with Gasteiger partial charge in [-0.25, -0.2) is 9.78 Å². The van der Waals surface area contributed by atoms with Gasteiger partial charge in [-0.15, -0.1) is 11.3 Å². The Hall–Kier alpha value is -2.65. The van der Waals surface area contributed by atoms with E-state index >= 15 is 0 Å². The second-order valence-electron chi connectivity index (χ2n) is 2.83. The lowest BCUT2D eigenvalue weighted by Crippen LogP contribution is -2.16. The number of carboxylic acids is 1. The van der Waals surface area contributed by atoms with Crippen LogP contribution < -0.4 is 5.32 Å². The van der Waals surface area contributed by atoms with Crippen LogP contribution in [0.5, 0.6) is 0 Å². The molecule has 0 spiro atoms. The molecular formula is C8H8N6O4S. The zero-order valence-electron chi connectivity index (χ0n) is 9.39. The summed E-state index contributed by atoms with van der Waals surface area (Å²) in [4.78, 5) is 32.2. The van der Waals surface area contributed by atoms with Gasteiger partial charge in [0, 0.05) is 10.3 Å². The van der Waals surface area contributed by atoms with Gasteiger partial charge >= 0.3 is 5.97 Å². The van der Waals surface area contributed by atoms with Crippen molar-refractivity contribution in [2.24, 2.45) is 10.3 Å². The van der Waals surface area contributed by atoms with Crippen molar-refractivity contribution in [1.29, 1.82) is 0 Å². The van der Waals surface area contributed by atoms with Gasteiger partial charge in [-0.05, 0) is 5.53 Å². The fourth-order valence-electron chi connectivity index (χ4n) is 0.931. The lowest BCUT2D eigenvalue weighted by Gasteiger charge is -1.98. The number of amides is 1. The van der Waals surface area contributed by atoms with E-state index in [1.165, 1.54) is 5.38 Å². The van der Waals surface area contributed by atoms with Crippen molar-refractivity contribution >= 4 is 34.6 Å². The fourth-order valence-corrected chi connectivity index (χ4v) is 1.59. The van der Waals surface area contributed by atoms with Crippen LogP contribution in [0.4, 0.5) is 5.13 Å². The Morgan fingerprint density at radius 3 is 3.16 bits per heavy atom. The number of carbonyl (C=O) groups excluding carboxylic acids is 1. The van der Waals surface area contributed by atoms with Gasteiger partial charge in [-0.1, -0.05) is 10.3 Å². The molecule has 0 saturated heterocycles. The summed E-state index contributed by atoms with van der Waals surface area (Å²) in [5.41, 5.74) is 7.68. The summed E-state index contributed by atoms with van der Waals surface area (Å²) in [5.74, 6) is -1.33. The number of carbonyl (C=O) groups is 2. The zero-order valence-corrected chi connectivity index (χ0v) is 10.2. The first kappa shape index (κ1) is 14.4. The summed E-state index contributed by atoms with van der Waals surface area (Å²) < 4.78 is 0. The maximum atomic E-state index is 11.0. The van der Waals surface area contributed by atoms with Crippen molar-refractivity contribution in [3.63, 3.8) is 0 Å². The summed E-state index contributed by atoms with van der Waals surface area (Å²) in [7, 11) is 0. The number of anilines is 1. The third-order valence-electron chi connectivity index (χ3n) is 1.63. The number of oxime groups is 1. The van der Waals surface area contributed by atoms with Crippen LogP contribution in [0.25, 0.3) is 10.4 Å². The molecule has 100 valence electrons. The minimum atomic E-state index is -1.33. The Labute approximate surface area is 110 Å². The SMILES string of the molecule is [N-]=[N+]=NCCON=C(C(=O)O)c1csc(NC=O)n1. The van der Waals surface area contributed by atoms with Gasteiger partial charge in [-0.3, -0.25) is 4.79 Å². The third-order valence-corrected chi connectivity index (χ3v) is 2.41. The molecule has 0 aliphatic rings. The van der Waals surface area contributed by atoms with Crippen LogP contribution in [-0.2, 0) is 14.4 Å².